The molecule has 1 aromatic rings. The Morgan fingerprint density at radius 2 is 1.41 bits per heavy atom. The van der Waals surface area contributed by atoms with Gasteiger partial charge in [0.25, 0.3) is 0 Å². The number of para-hydroxylation sites is 1. The van der Waals surface area contributed by atoms with Gasteiger partial charge < -0.3 is 15.0 Å². The van der Waals surface area contributed by atoms with Crippen molar-refractivity contribution in [1.29, 1.82) is 0 Å². The third kappa shape index (κ3) is 3.37. The number of nitrogens with zero attached hydrogens (tertiary/aromatic N) is 3. The van der Waals surface area contributed by atoms with Crippen molar-refractivity contribution in [2.24, 2.45) is 5.16 Å². The van der Waals surface area contributed by atoms with Gasteiger partial charge in [-0.3, -0.25) is 0 Å². The normalized spacial score (nSPS) is 20.8. The lowest BCUT2D eigenvalue weighted by atomic mass is 10.1. The average Bonchev–Trinajstić information content (AvgIpc) is 2.86. The van der Waals surface area contributed by atoms with Crippen molar-refractivity contribution >= 4 is 11.5 Å². The first-order chi connectivity index (χ1) is 10.9. The van der Waals surface area contributed by atoms with Gasteiger partial charge in [0.2, 0.25) is 0 Å². The van der Waals surface area contributed by atoms with Crippen LogP contribution >= 0.6 is 0 Å². The van der Waals surface area contributed by atoms with Gasteiger partial charge in [-0.05, 0) is 44.2 Å². The van der Waals surface area contributed by atoms with E-state index in [1.807, 2.05) is 6.07 Å². The largest absolute Gasteiger partial charge is 0.409 e. The minimum absolute atomic E-state index is 0.750. The molecular formula is C18H27N3O. The van der Waals surface area contributed by atoms with Crippen LogP contribution in [0.5, 0.6) is 0 Å². The lowest BCUT2D eigenvalue weighted by Crippen LogP contribution is -2.37. The monoisotopic (exact) mass is 301 g/mol. The van der Waals surface area contributed by atoms with Gasteiger partial charge in [0, 0.05) is 37.4 Å². The predicted octanol–water partition coefficient (Wildman–Crippen LogP) is 3.69. The molecule has 2 heterocycles. The van der Waals surface area contributed by atoms with Gasteiger partial charge >= 0.3 is 0 Å². The molecule has 2 aliphatic heterocycles. The molecule has 3 rings (SSSR count). The van der Waals surface area contributed by atoms with E-state index in [4.69, 9.17) is 0 Å². The van der Waals surface area contributed by atoms with Crippen molar-refractivity contribution in [2.75, 3.05) is 31.1 Å². The van der Waals surface area contributed by atoms with Crippen molar-refractivity contribution in [3.05, 3.63) is 29.8 Å². The summed E-state index contributed by atoms with van der Waals surface area (Å²) in [6, 6.07) is 8.42. The van der Waals surface area contributed by atoms with Gasteiger partial charge in [-0.1, -0.05) is 30.1 Å². The zero-order valence-corrected chi connectivity index (χ0v) is 13.4. The molecule has 0 aromatic heterocycles. The fourth-order valence-electron chi connectivity index (χ4n) is 3.64. The van der Waals surface area contributed by atoms with Crippen molar-refractivity contribution in [3.8, 4) is 0 Å². The summed E-state index contributed by atoms with van der Waals surface area (Å²) < 4.78 is 0. The van der Waals surface area contributed by atoms with Gasteiger partial charge in [0.15, 0.2) is 5.84 Å². The van der Waals surface area contributed by atoms with Crippen molar-refractivity contribution < 1.29 is 5.21 Å². The van der Waals surface area contributed by atoms with Crippen LogP contribution in [-0.2, 0) is 0 Å². The highest BCUT2D eigenvalue weighted by Gasteiger charge is 2.22. The summed E-state index contributed by atoms with van der Waals surface area (Å²) in [6.45, 7) is 4.20. The molecular weight excluding hydrogens is 274 g/mol. The van der Waals surface area contributed by atoms with Crippen LogP contribution in [0.15, 0.2) is 29.4 Å². The number of rotatable bonds is 2. The molecule has 0 unspecified atom stereocenters. The summed E-state index contributed by atoms with van der Waals surface area (Å²) in [5, 5.41) is 13.3. The molecule has 22 heavy (non-hydrogen) atoms. The Morgan fingerprint density at radius 1 is 0.818 bits per heavy atom. The van der Waals surface area contributed by atoms with E-state index < -0.39 is 0 Å². The predicted molar refractivity (Wildman–Crippen MR) is 90.9 cm³/mol. The number of oxime groups is 1. The highest BCUT2D eigenvalue weighted by atomic mass is 16.4. The standard InChI is InChI=1S/C18H27N3O/c22-19-18(21-14-8-3-9-15-21)16-10-4-5-11-17(16)20-12-6-1-2-7-13-20/h4-5,10-11,22H,1-3,6-9,12-15H2/b19-18-. The molecule has 120 valence electrons. The molecule has 4 nitrogen and oxygen atoms in total. The molecule has 1 N–H and O–H groups in total. The van der Waals surface area contributed by atoms with E-state index in [1.165, 1.54) is 50.6 Å². The zero-order chi connectivity index (χ0) is 15.2. The Bertz CT molecular complexity index is 501. The second kappa shape index (κ2) is 7.52. The van der Waals surface area contributed by atoms with Gasteiger partial charge in [0.05, 0.1) is 0 Å². The fraction of sp³-hybridized carbons (Fsp3) is 0.611. The van der Waals surface area contributed by atoms with Crippen molar-refractivity contribution in [1.82, 2.24) is 4.90 Å². The van der Waals surface area contributed by atoms with Crippen molar-refractivity contribution in [3.63, 3.8) is 0 Å². The van der Waals surface area contributed by atoms with E-state index in [0.717, 1.165) is 37.6 Å². The quantitative estimate of drug-likeness (QED) is 0.392. The lowest BCUT2D eigenvalue weighted by molar-refractivity contribution is 0.286. The number of hydrogen-bond donors (Lipinski definition) is 1. The van der Waals surface area contributed by atoms with E-state index in [-0.39, 0.29) is 0 Å². The van der Waals surface area contributed by atoms with Crippen LogP contribution in [0.2, 0.25) is 0 Å². The maximum atomic E-state index is 9.64. The first kappa shape index (κ1) is 15.2. The van der Waals surface area contributed by atoms with E-state index in [2.05, 4.69) is 33.2 Å². The van der Waals surface area contributed by atoms with Crippen LogP contribution < -0.4 is 4.90 Å². The van der Waals surface area contributed by atoms with Crippen molar-refractivity contribution in [2.45, 2.75) is 44.9 Å². The Labute approximate surface area is 133 Å². The summed E-state index contributed by atoms with van der Waals surface area (Å²) in [5.41, 5.74) is 2.30. The highest BCUT2D eigenvalue weighted by molar-refractivity contribution is 6.03. The second-order valence-electron chi connectivity index (χ2n) is 6.39. The van der Waals surface area contributed by atoms with Gasteiger partial charge in [-0.15, -0.1) is 0 Å². The molecule has 0 bridgehead atoms. The number of piperidine rings is 1. The number of benzene rings is 1. The number of anilines is 1. The van der Waals surface area contributed by atoms with Gasteiger partial charge in [0.1, 0.15) is 0 Å². The van der Waals surface area contributed by atoms with Crippen LogP contribution in [0.3, 0.4) is 0 Å². The van der Waals surface area contributed by atoms with E-state index in [0.29, 0.717) is 0 Å². The Balaban J connectivity index is 1.88. The highest BCUT2D eigenvalue weighted by Crippen LogP contribution is 2.26. The molecule has 0 atom stereocenters. The second-order valence-corrected chi connectivity index (χ2v) is 6.39. The van der Waals surface area contributed by atoms with E-state index >= 15 is 0 Å². The SMILES string of the molecule is O/N=C(/c1ccccc1N1CCCCCC1)N1CCCCC1. The number of amidine groups is 1. The van der Waals surface area contributed by atoms with Gasteiger partial charge in [-0.2, -0.15) is 0 Å². The summed E-state index contributed by atoms with van der Waals surface area (Å²) in [6.07, 6.45) is 8.81. The molecule has 4 heteroatoms. The fourth-order valence-corrected chi connectivity index (χ4v) is 3.64. The molecule has 0 spiro atoms. The molecule has 0 radical (unpaired) electrons. The van der Waals surface area contributed by atoms with Crippen LogP contribution in [0, 0.1) is 0 Å². The first-order valence-electron chi connectivity index (χ1n) is 8.71. The number of hydrogen-bond acceptors (Lipinski definition) is 3. The molecule has 2 aliphatic rings. The number of likely N-dealkylation sites (tertiary alicyclic amines) is 1. The zero-order valence-electron chi connectivity index (χ0n) is 13.4. The summed E-state index contributed by atoms with van der Waals surface area (Å²) in [7, 11) is 0. The summed E-state index contributed by atoms with van der Waals surface area (Å²) >= 11 is 0. The topological polar surface area (TPSA) is 39.1 Å². The molecule has 0 saturated carbocycles. The van der Waals surface area contributed by atoms with Crippen LogP contribution in [0.25, 0.3) is 0 Å². The first-order valence-corrected chi connectivity index (χ1v) is 8.71. The van der Waals surface area contributed by atoms with Gasteiger partial charge in [-0.25, -0.2) is 0 Å². The smallest absolute Gasteiger partial charge is 0.177 e. The maximum absolute atomic E-state index is 9.64. The molecule has 0 amide bonds. The minimum atomic E-state index is 0.750. The van der Waals surface area contributed by atoms with Crippen LogP contribution in [0.4, 0.5) is 5.69 Å². The van der Waals surface area contributed by atoms with E-state index in [1.54, 1.807) is 0 Å². The Morgan fingerprint density at radius 3 is 2.09 bits per heavy atom. The average molecular weight is 301 g/mol. The summed E-state index contributed by atoms with van der Waals surface area (Å²) in [5.74, 6) is 0.750. The maximum Gasteiger partial charge on any atom is 0.177 e. The summed E-state index contributed by atoms with van der Waals surface area (Å²) in [4.78, 5) is 4.71. The van der Waals surface area contributed by atoms with Crippen LogP contribution in [0.1, 0.15) is 50.5 Å². The lowest BCUT2D eigenvalue weighted by Gasteiger charge is -2.32. The Kier molecular flexibility index (Phi) is 5.20. The Hall–Kier alpha value is -1.71. The third-order valence-corrected chi connectivity index (χ3v) is 4.84. The minimum Gasteiger partial charge on any atom is -0.409 e. The third-order valence-electron chi connectivity index (χ3n) is 4.84. The molecule has 1 aromatic carbocycles. The molecule has 0 aliphatic carbocycles. The van der Waals surface area contributed by atoms with Crippen LogP contribution in [-0.4, -0.2) is 42.1 Å². The molecule has 2 fully saturated rings. The molecule has 2 saturated heterocycles. The van der Waals surface area contributed by atoms with E-state index in [9.17, 15) is 5.21 Å².